The number of rotatable bonds is 5. The number of halogens is 3. The summed E-state index contributed by atoms with van der Waals surface area (Å²) in [5.41, 5.74) is 1.44. The standard InChI is InChI=1S/C18H13BrI2N2O2/c1-2-25-17-15(20)7-11(8-16(17)21)6-12(10-22)18(24)23-14-5-3-4-13(19)9-14/h3-9H,2H2,1H3,(H,23,24)/b12-6-. The molecule has 2 aromatic rings. The Hall–Kier alpha value is -1.12. The minimum atomic E-state index is -0.445. The quantitative estimate of drug-likeness (QED) is 0.268. The average molecular weight is 623 g/mol. The van der Waals surface area contributed by atoms with E-state index in [1.807, 2.05) is 37.3 Å². The zero-order chi connectivity index (χ0) is 18.4. The van der Waals surface area contributed by atoms with E-state index >= 15 is 0 Å². The Balaban J connectivity index is 2.28. The summed E-state index contributed by atoms with van der Waals surface area (Å²) in [5, 5.41) is 12.1. The van der Waals surface area contributed by atoms with E-state index < -0.39 is 5.91 Å². The molecule has 0 spiro atoms. The highest BCUT2D eigenvalue weighted by Gasteiger charge is 2.12. The molecule has 0 saturated heterocycles. The second-order valence-electron chi connectivity index (χ2n) is 4.88. The van der Waals surface area contributed by atoms with Crippen LogP contribution in [0.2, 0.25) is 0 Å². The molecule has 0 aliphatic carbocycles. The first-order valence-corrected chi connectivity index (χ1v) is 10.2. The summed E-state index contributed by atoms with van der Waals surface area (Å²) in [6.07, 6.45) is 1.58. The Morgan fingerprint density at radius 2 is 2.00 bits per heavy atom. The highest BCUT2D eigenvalue weighted by molar-refractivity contribution is 14.1. The molecule has 0 bridgehead atoms. The van der Waals surface area contributed by atoms with Gasteiger partial charge in [0.05, 0.1) is 13.7 Å². The lowest BCUT2D eigenvalue weighted by molar-refractivity contribution is -0.112. The van der Waals surface area contributed by atoms with Crippen LogP contribution in [0.5, 0.6) is 5.75 Å². The molecule has 0 aromatic heterocycles. The van der Waals surface area contributed by atoms with Crippen molar-refractivity contribution in [3.8, 4) is 11.8 Å². The molecule has 1 amide bonds. The summed E-state index contributed by atoms with van der Waals surface area (Å²) in [5.74, 6) is 0.373. The largest absolute Gasteiger partial charge is 0.492 e. The Labute approximate surface area is 182 Å². The van der Waals surface area contributed by atoms with Crippen molar-refractivity contribution in [2.45, 2.75) is 6.92 Å². The van der Waals surface area contributed by atoms with Crippen molar-refractivity contribution in [1.29, 1.82) is 5.26 Å². The van der Waals surface area contributed by atoms with E-state index in [-0.39, 0.29) is 5.57 Å². The molecular weight excluding hydrogens is 610 g/mol. The molecule has 0 atom stereocenters. The molecule has 0 saturated carbocycles. The van der Waals surface area contributed by atoms with Gasteiger partial charge in [-0.25, -0.2) is 0 Å². The molecule has 1 N–H and O–H groups in total. The highest BCUT2D eigenvalue weighted by Crippen LogP contribution is 2.30. The number of benzene rings is 2. The lowest BCUT2D eigenvalue weighted by Gasteiger charge is -2.10. The van der Waals surface area contributed by atoms with Gasteiger partial charge in [0, 0.05) is 10.2 Å². The molecule has 2 aromatic carbocycles. The fourth-order valence-corrected chi connectivity index (χ4v) is 4.55. The Morgan fingerprint density at radius 3 is 2.56 bits per heavy atom. The lowest BCUT2D eigenvalue weighted by Crippen LogP contribution is -2.13. The first-order valence-electron chi connectivity index (χ1n) is 7.25. The van der Waals surface area contributed by atoms with Crippen LogP contribution in [-0.4, -0.2) is 12.5 Å². The number of nitrogens with one attached hydrogen (secondary N) is 1. The first kappa shape index (κ1) is 20.2. The van der Waals surface area contributed by atoms with Gasteiger partial charge in [0.25, 0.3) is 5.91 Å². The van der Waals surface area contributed by atoms with Crippen LogP contribution in [0.3, 0.4) is 0 Å². The molecule has 7 heteroatoms. The van der Waals surface area contributed by atoms with E-state index in [2.05, 4.69) is 66.4 Å². The van der Waals surface area contributed by atoms with E-state index in [9.17, 15) is 10.1 Å². The van der Waals surface area contributed by atoms with E-state index in [1.54, 1.807) is 18.2 Å². The van der Waals surface area contributed by atoms with Gasteiger partial charge in [0.2, 0.25) is 0 Å². The van der Waals surface area contributed by atoms with Gasteiger partial charge in [-0.2, -0.15) is 5.26 Å². The molecule has 25 heavy (non-hydrogen) atoms. The fourth-order valence-electron chi connectivity index (χ4n) is 2.02. The molecule has 0 fully saturated rings. The number of amides is 1. The molecular formula is C18H13BrI2N2O2. The van der Waals surface area contributed by atoms with Crippen molar-refractivity contribution in [2.75, 3.05) is 11.9 Å². The summed E-state index contributed by atoms with van der Waals surface area (Å²) < 4.78 is 8.32. The second-order valence-corrected chi connectivity index (χ2v) is 8.12. The van der Waals surface area contributed by atoms with Gasteiger partial charge >= 0.3 is 0 Å². The molecule has 128 valence electrons. The third kappa shape index (κ3) is 5.69. The molecule has 2 rings (SSSR count). The van der Waals surface area contributed by atoms with Gasteiger partial charge in [0.15, 0.2) is 0 Å². The van der Waals surface area contributed by atoms with Gasteiger partial charge in [-0.05, 0) is 94.1 Å². The van der Waals surface area contributed by atoms with Gasteiger partial charge < -0.3 is 10.1 Å². The summed E-state index contributed by atoms with van der Waals surface area (Å²) in [4.78, 5) is 12.4. The minimum Gasteiger partial charge on any atom is -0.492 e. The molecule has 0 radical (unpaired) electrons. The van der Waals surface area contributed by atoms with Crippen LogP contribution in [-0.2, 0) is 4.79 Å². The third-order valence-corrected chi connectivity index (χ3v) is 5.16. The molecule has 4 nitrogen and oxygen atoms in total. The van der Waals surface area contributed by atoms with Crippen LogP contribution in [0, 0.1) is 18.5 Å². The highest BCUT2D eigenvalue weighted by atomic mass is 127. The lowest BCUT2D eigenvalue weighted by atomic mass is 10.1. The Kier molecular flexibility index (Phi) is 7.71. The maximum Gasteiger partial charge on any atom is 0.266 e. The smallest absolute Gasteiger partial charge is 0.266 e. The molecule has 0 aliphatic heterocycles. The average Bonchev–Trinajstić information content (AvgIpc) is 2.56. The fraction of sp³-hybridized carbons (Fsp3) is 0.111. The van der Waals surface area contributed by atoms with Crippen molar-refractivity contribution in [1.82, 2.24) is 0 Å². The van der Waals surface area contributed by atoms with Crippen LogP contribution < -0.4 is 10.1 Å². The van der Waals surface area contributed by atoms with Gasteiger partial charge in [-0.3, -0.25) is 4.79 Å². The molecule has 0 unspecified atom stereocenters. The minimum absolute atomic E-state index is 0.0377. The van der Waals surface area contributed by atoms with E-state index in [0.717, 1.165) is 22.9 Å². The van der Waals surface area contributed by atoms with Crippen molar-refractivity contribution in [3.05, 3.63) is 59.1 Å². The maximum absolute atomic E-state index is 12.4. The van der Waals surface area contributed by atoms with Crippen molar-refractivity contribution >= 4 is 78.8 Å². The van der Waals surface area contributed by atoms with Crippen molar-refractivity contribution in [3.63, 3.8) is 0 Å². The SMILES string of the molecule is CCOc1c(I)cc(/C=C(/C#N)C(=O)Nc2cccc(Br)c2)cc1I. The number of carbonyl (C=O) groups is 1. The van der Waals surface area contributed by atoms with E-state index in [1.165, 1.54) is 0 Å². The topological polar surface area (TPSA) is 62.1 Å². The summed E-state index contributed by atoms with van der Waals surface area (Å²) in [6.45, 7) is 2.51. The number of ether oxygens (including phenoxy) is 1. The van der Waals surface area contributed by atoms with Crippen molar-refractivity contribution in [2.24, 2.45) is 0 Å². The van der Waals surface area contributed by atoms with Crippen LogP contribution >= 0.6 is 61.1 Å². The van der Waals surface area contributed by atoms with E-state index in [4.69, 9.17) is 4.74 Å². The number of nitrogens with zero attached hydrogens (tertiary/aromatic N) is 1. The summed E-state index contributed by atoms with van der Waals surface area (Å²) >= 11 is 7.72. The number of hydrogen-bond donors (Lipinski definition) is 1. The van der Waals surface area contributed by atoms with E-state index in [0.29, 0.717) is 12.3 Å². The van der Waals surface area contributed by atoms with Gasteiger partial charge in [-0.1, -0.05) is 22.0 Å². The molecule has 0 heterocycles. The number of anilines is 1. The maximum atomic E-state index is 12.4. The normalized spacial score (nSPS) is 10.9. The third-order valence-electron chi connectivity index (χ3n) is 3.07. The van der Waals surface area contributed by atoms with Crippen LogP contribution in [0.1, 0.15) is 12.5 Å². The van der Waals surface area contributed by atoms with Gasteiger partial charge in [0.1, 0.15) is 17.4 Å². The van der Waals surface area contributed by atoms with Gasteiger partial charge in [-0.15, -0.1) is 0 Å². The molecule has 0 aliphatic rings. The number of hydrogen-bond acceptors (Lipinski definition) is 3. The zero-order valence-electron chi connectivity index (χ0n) is 13.1. The second kappa shape index (κ2) is 9.54. The predicted molar refractivity (Wildman–Crippen MR) is 119 cm³/mol. The van der Waals surface area contributed by atoms with Crippen LogP contribution in [0.25, 0.3) is 6.08 Å². The number of nitriles is 1. The van der Waals surface area contributed by atoms with Crippen LogP contribution in [0.4, 0.5) is 5.69 Å². The Morgan fingerprint density at radius 1 is 1.32 bits per heavy atom. The number of carbonyl (C=O) groups excluding carboxylic acids is 1. The summed E-state index contributed by atoms with van der Waals surface area (Å²) in [7, 11) is 0. The van der Waals surface area contributed by atoms with Crippen LogP contribution in [0.15, 0.2) is 46.4 Å². The first-order chi connectivity index (χ1) is 11.9. The Bertz CT molecular complexity index is 853. The zero-order valence-corrected chi connectivity index (χ0v) is 19.0. The summed E-state index contributed by atoms with van der Waals surface area (Å²) in [6, 6.07) is 12.9. The monoisotopic (exact) mass is 622 g/mol. The predicted octanol–water partition coefficient (Wildman–Crippen LogP) is 5.60. The van der Waals surface area contributed by atoms with Crippen molar-refractivity contribution < 1.29 is 9.53 Å².